The molecule has 94 valence electrons. The molecule has 0 atom stereocenters. The molecule has 0 aromatic carbocycles. The monoisotopic (exact) mass is 268 g/mol. The van der Waals surface area contributed by atoms with Gasteiger partial charge in [-0.1, -0.05) is 4.40 Å². The lowest BCUT2D eigenvalue weighted by molar-refractivity contribution is 0.125. The van der Waals surface area contributed by atoms with Crippen LogP contribution in [0.15, 0.2) is 34.0 Å². The van der Waals surface area contributed by atoms with Gasteiger partial charge in [-0.15, -0.1) is 0 Å². The molecular weight excluding hydrogens is 260 g/mol. The van der Waals surface area contributed by atoms with Gasteiger partial charge in [0.25, 0.3) is 6.08 Å². The molecule has 1 aromatic rings. The van der Waals surface area contributed by atoms with E-state index in [0.717, 1.165) is 6.08 Å². The van der Waals surface area contributed by atoms with Crippen molar-refractivity contribution in [1.29, 1.82) is 0 Å². The first-order valence-electron chi connectivity index (χ1n) is 4.89. The molecule has 0 unspecified atom stereocenters. The second-order valence-corrected chi connectivity index (χ2v) is 4.73. The van der Waals surface area contributed by atoms with Gasteiger partial charge in [-0.05, 0) is 12.1 Å². The minimum atomic E-state index is -4.18. The summed E-state index contributed by atoms with van der Waals surface area (Å²) in [5.41, 5.74) is 0.191. The zero-order valence-electron chi connectivity index (χ0n) is 9.07. The molecule has 0 radical (unpaired) electrons. The van der Waals surface area contributed by atoms with E-state index in [1.165, 1.54) is 24.6 Å². The van der Waals surface area contributed by atoms with Gasteiger partial charge >= 0.3 is 10.0 Å². The lowest BCUT2D eigenvalue weighted by Gasteiger charge is -2.16. The van der Waals surface area contributed by atoms with Crippen LogP contribution in [0.4, 0.5) is 0 Å². The third-order valence-corrected chi connectivity index (χ3v) is 3.22. The van der Waals surface area contributed by atoms with Crippen LogP contribution in [-0.4, -0.2) is 32.7 Å². The number of ether oxygens (including phenoxy) is 2. The summed E-state index contributed by atoms with van der Waals surface area (Å²) >= 11 is 0. The van der Waals surface area contributed by atoms with Crippen LogP contribution in [0, 0.1) is 0 Å². The van der Waals surface area contributed by atoms with Crippen molar-refractivity contribution >= 4 is 21.9 Å². The number of isocyanates is 1. The summed E-state index contributed by atoms with van der Waals surface area (Å²) in [6.45, 7) is 0.690. The van der Waals surface area contributed by atoms with Crippen molar-refractivity contribution in [2.75, 3.05) is 13.2 Å². The fourth-order valence-corrected chi connectivity index (χ4v) is 2.21. The van der Waals surface area contributed by atoms with Gasteiger partial charge in [-0.3, -0.25) is 0 Å². The first-order chi connectivity index (χ1) is 8.65. The van der Waals surface area contributed by atoms with Gasteiger partial charge in [0.1, 0.15) is 19.5 Å². The fourth-order valence-electron chi connectivity index (χ4n) is 1.39. The molecule has 2 rings (SSSR count). The number of nitrogens with zero attached hydrogens (tertiary/aromatic N) is 2. The molecule has 1 aromatic heterocycles. The highest BCUT2D eigenvalue weighted by molar-refractivity contribution is 7.90. The summed E-state index contributed by atoms with van der Waals surface area (Å²) in [5, 5.41) is -0.370. The number of pyridine rings is 1. The Balaban J connectivity index is 2.56. The maximum Gasteiger partial charge on any atom is 0.310 e. The van der Waals surface area contributed by atoms with E-state index in [4.69, 9.17) is 9.47 Å². The Hall–Kier alpha value is -2.18. The molecule has 0 fully saturated rings. The number of carbonyl (C=O) groups excluding carboxylic acids is 1. The average Bonchev–Trinajstić information content (AvgIpc) is 2.40. The van der Waals surface area contributed by atoms with Gasteiger partial charge in [0.15, 0.2) is 10.8 Å². The maximum absolute atomic E-state index is 11.7. The summed E-state index contributed by atoms with van der Waals surface area (Å²) in [4.78, 5) is 13.8. The minimum absolute atomic E-state index is 0.191. The van der Waals surface area contributed by atoms with Crippen LogP contribution in [0.2, 0.25) is 0 Å². The van der Waals surface area contributed by atoms with Crippen LogP contribution in [0.5, 0.6) is 0 Å². The number of sulfonamides is 1. The normalized spacial score (nSPS) is 14.8. The van der Waals surface area contributed by atoms with Gasteiger partial charge in [0.2, 0.25) is 0 Å². The molecule has 8 heteroatoms. The van der Waals surface area contributed by atoms with E-state index < -0.39 is 10.0 Å². The minimum Gasteiger partial charge on any atom is -0.494 e. The molecular formula is C10H8N2O5S. The molecule has 2 heterocycles. The lowest BCUT2D eigenvalue weighted by atomic mass is 10.2. The third-order valence-electron chi connectivity index (χ3n) is 2.09. The van der Waals surface area contributed by atoms with Gasteiger partial charge in [0, 0.05) is 6.20 Å². The lowest BCUT2D eigenvalue weighted by Crippen LogP contribution is -2.11. The van der Waals surface area contributed by atoms with Crippen LogP contribution in [0.1, 0.15) is 5.56 Å². The smallest absolute Gasteiger partial charge is 0.310 e. The van der Waals surface area contributed by atoms with Crippen molar-refractivity contribution < 1.29 is 22.7 Å². The topological polar surface area (TPSA) is 94.9 Å². The van der Waals surface area contributed by atoms with Crippen LogP contribution in [0.3, 0.4) is 0 Å². The van der Waals surface area contributed by atoms with E-state index in [1.807, 2.05) is 0 Å². The number of aromatic nitrogens is 1. The van der Waals surface area contributed by atoms with E-state index in [9.17, 15) is 13.2 Å². The average molecular weight is 268 g/mol. The molecule has 7 nitrogen and oxygen atoms in total. The Labute approximate surface area is 103 Å². The van der Waals surface area contributed by atoms with Crippen LogP contribution in [-0.2, 0) is 24.3 Å². The SMILES string of the molecule is O=C=NS(=O)(=O)c1ncccc1C1=COCCO1. The number of rotatable bonds is 3. The first kappa shape index (κ1) is 12.3. The Morgan fingerprint density at radius 3 is 2.89 bits per heavy atom. The molecule has 0 bridgehead atoms. The van der Waals surface area contributed by atoms with E-state index in [-0.39, 0.29) is 16.3 Å². The second kappa shape index (κ2) is 4.99. The van der Waals surface area contributed by atoms with Crippen molar-refractivity contribution in [2.45, 2.75) is 5.03 Å². The highest BCUT2D eigenvalue weighted by atomic mass is 32.2. The molecule has 1 aliphatic heterocycles. The molecule has 0 saturated heterocycles. The molecule has 0 amide bonds. The van der Waals surface area contributed by atoms with Crippen molar-refractivity contribution in [1.82, 2.24) is 4.98 Å². The Kier molecular flexibility index (Phi) is 3.40. The van der Waals surface area contributed by atoms with Crippen molar-refractivity contribution in [3.05, 3.63) is 30.2 Å². The maximum atomic E-state index is 11.7. The Morgan fingerprint density at radius 2 is 2.22 bits per heavy atom. The summed E-state index contributed by atoms with van der Waals surface area (Å²) in [6, 6.07) is 3.03. The Morgan fingerprint density at radius 1 is 1.39 bits per heavy atom. The predicted octanol–water partition coefficient (Wildman–Crippen LogP) is 0.451. The van der Waals surface area contributed by atoms with Gasteiger partial charge in [-0.25, -0.2) is 9.78 Å². The first-order valence-corrected chi connectivity index (χ1v) is 6.33. The van der Waals surface area contributed by atoms with E-state index >= 15 is 0 Å². The zero-order chi connectivity index (χ0) is 13.0. The quantitative estimate of drug-likeness (QED) is 0.583. The highest BCUT2D eigenvalue weighted by Gasteiger charge is 2.23. The highest BCUT2D eigenvalue weighted by Crippen LogP contribution is 2.25. The third kappa shape index (κ3) is 2.39. The van der Waals surface area contributed by atoms with E-state index in [1.54, 1.807) is 0 Å². The molecule has 18 heavy (non-hydrogen) atoms. The largest absolute Gasteiger partial charge is 0.494 e. The van der Waals surface area contributed by atoms with Crippen molar-refractivity contribution in [3.8, 4) is 0 Å². The summed E-state index contributed by atoms with van der Waals surface area (Å²) < 4.78 is 36.4. The summed E-state index contributed by atoms with van der Waals surface area (Å²) in [7, 11) is -4.18. The summed E-state index contributed by atoms with van der Waals surface area (Å²) in [6.07, 6.45) is 3.57. The molecule has 0 N–H and O–H groups in total. The van der Waals surface area contributed by atoms with Crippen LogP contribution in [0.25, 0.3) is 5.76 Å². The van der Waals surface area contributed by atoms with Gasteiger partial charge in [0.05, 0.1) is 5.56 Å². The van der Waals surface area contributed by atoms with Crippen molar-refractivity contribution in [3.63, 3.8) is 0 Å². The van der Waals surface area contributed by atoms with E-state index in [2.05, 4.69) is 9.38 Å². The Bertz CT molecular complexity index is 631. The zero-order valence-corrected chi connectivity index (χ0v) is 9.88. The second-order valence-electron chi connectivity index (χ2n) is 3.22. The molecule has 0 saturated carbocycles. The van der Waals surface area contributed by atoms with E-state index in [0.29, 0.717) is 13.2 Å². The van der Waals surface area contributed by atoms with Gasteiger partial charge in [-0.2, -0.15) is 8.42 Å². The molecule has 0 spiro atoms. The van der Waals surface area contributed by atoms with Crippen molar-refractivity contribution in [2.24, 2.45) is 4.40 Å². The number of hydrogen-bond donors (Lipinski definition) is 0. The van der Waals surface area contributed by atoms with Crippen LogP contribution >= 0.6 is 0 Å². The van der Waals surface area contributed by atoms with Gasteiger partial charge < -0.3 is 9.47 Å². The predicted molar refractivity (Wildman–Crippen MR) is 59.4 cm³/mol. The fraction of sp³-hybridized carbons (Fsp3) is 0.200. The molecule has 0 aliphatic carbocycles. The van der Waals surface area contributed by atoms with Crippen LogP contribution < -0.4 is 0 Å². The molecule has 1 aliphatic rings. The number of hydrogen-bond acceptors (Lipinski definition) is 6. The summed E-state index contributed by atoms with van der Waals surface area (Å²) in [5.74, 6) is 0.231. The standard InChI is InChI=1S/C10H8N2O5S/c13-7-12-18(14,15)10-8(2-1-3-11-10)9-6-16-4-5-17-9/h1-3,6H,4-5H2.